The topological polar surface area (TPSA) is 75.4 Å². The number of halogens is 1. The van der Waals surface area contributed by atoms with Gasteiger partial charge < -0.3 is 10.2 Å². The van der Waals surface area contributed by atoms with Gasteiger partial charge in [0.15, 0.2) is 0 Å². The summed E-state index contributed by atoms with van der Waals surface area (Å²) in [6.45, 7) is 2.98. The Morgan fingerprint density at radius 3 is 2.65 bits per heavy atom. The van der Waals surface area contributed by atoms with Crippen LogP contribution in [0.15, 0.2) is 23.1 Å². The number of piperidine rings is 1. The summed E-state index contributed by atoms with van der Waals surface area (Å²) in [5.41, 5.74) is 0.622. The summed E-state index contributed by atoms with van der Waals surface area (Å²) in [7, 11) is -1.58. The van der Waals surface area contributed by atoms with Gasteiger partial charge in [0.25, 0.3) is 0 Å². The minimum Gasteiger partial charge on any atom is -0.384 e. The molecule has 0 aliphatic carbocycles. The van der Waals surface area contributed by atoms with Crippen LogP contribution in [0.3, 0.4) is 0 Å². The number of primary sulfonamides is 1. The van der Waals surface area contributed by atoms with Gasteiger partial charge in [0.05, 0.1) is 15.6 Å². The number of nitrogens with zero attached hydrogens (tertiary/aromatic N) is 1. The lowest BCUT2D eigenvalue weighted by atomic mass is 9.97. The van der Waals surface area contributed by atoms with Crippen molar-refractivity contribution in [2.45, 2.75) is 17.7 Å². The molecule has 0 unspecified atom stereocenters. The number of rotatable bonds is 4. The monoisotopic (exact) mass is 317 g/mol. The van der Waals surface area contributed by atoms with Gasteiger partial charge in [0, 0.05) is 6.54 Å². The van der Waals surface area contributed by atoms with Crippen LogP contribution in [0.2, 0.25) is 5.02 Å². The first-order valence-electron chi connectivity index (χ1n) is 6.61. The molecule has 7 heteroatoms. The maximum Gasteiger partial charge on any atom is 0.238 e. The molecule has 20 heavy (non-hydrogen) atoms. The van der Waals surface area contributed by atoms with Crippen LogP contribution >= 0.6 is 11.6 Å². The summed E-state index contributed by atoms with van der Waals surface area (Å²) < 4.78 is 22.7. The minimum atomic E-state index is -3.70. The highest BCUT2D eigenvalue weighted by molar-refractivity contribution is 7.89. The number of benzene rings is 1. The molecule has 0 aromatic heterocycles. The van der Waals surface area contributed by atoms with Gasteiger partial charge >= 0.3 is 0 Å². The van der Waals surface area contributed by atoms with Gasteiger partial charge in [0.1, 0.15) is 0 Å². The summed E-state index contributed by atoms with van der Waals surface area (Å²) in [5, 5.41) is 8.87. The van der Waals surface area contributed by atoms with E-state index in [9.17, 15) is 8.42 Å². The molecule has 0 saturated carbocycles. The SMILES string of the molecule is CN1CCC(CNc2cc(S(N)(=O)=O)ccc2Cl)CC1. The zero-order chi connectivity index (χ0) is 14.8. The number of nitrogens with one attached hydrogen (secondary N) is 1. The second-order valence-corrected chi connectivity index (χ2v) is 7.28. The second-order valence-electron chi connectivity index (χ2n) is 5.31. The Hall–Kier alpha value is -0.820. The van der Waals surface area contributed by atoms with Crippen molar-refractivity contribution in [3.05, 3.63) is 23.2 Å². The molecule has 1 heterocycles. The molecule has 112 valence electrons. The van der Waals surface area contributed by atoms with Crippen LogP contribution in [0, 0.1) is 5.92 Å². The van der Waals surface area contributed by atoms with E-state index in [2.05, 4.69) is 17.3 Å². The average Bonchev–Trinajstić information content (AvgIpc) is 2.38. The van der Waals surface area contributed by atoms with E-state index >= 15 is 0 Å². The van der Waals surface area contributed by atoms with Crippen LogP contribution in [0.1, 0.15) is 12.8 Å². The van der Waals surface area contributed by atoms with E-state index in [-0.39, 0.29) is 4.90 Å². The fourth-order valence-electron chi connectivity index (χ4n) is 2.34. The summed E-state index contributed by atoms with van der Waals surface area (Å²) in [4.78, 5) is 2.39. The van der Waals surface area contributed by atoms with Crippen LogP contribution in [0.25, 0.3) is 0 Å². The first-order valence-corrected chi connectivity index (χ1v) is 8.53. The fraction of sp³-hybridized carbons (Fsp3) is 0.538. The van der Waals surface area contributed by atoms with Crippen molar-refractivity contribution in [3.8, 4) is 0 Å². The maximum atomic E-state index is 11.3. The number of anilines is 1. The third-order valence-electron chi connectivity index (χ3n) is 3.69. The van der Waals surface area contributed by atoms with Gasteiger partial charge in [-0.3, -0.25) is 0 Å². The third-order valence-corrected chi connectivity index (χ3v) is 4.93. The van der Waals surface area contributed by atoms with Crippen molar-refractivity contribution in [1.82, 2.24) is 4.90 Å². The Bertz CT molecular complexity index is 569. The molecule has 1 aliphatic rings. The molecule has 0 atom stereocenters. The highest BCUT2D eigenvalue weighted by Gasteiger charge is 2.17. The van der Waals surface area contributed by atoms with E-state index in [1.165, 1.54) is 12.1 Å². The van der Waals surface area contributed by atoms with Crippen molar-refractivity contribution >= 4 is 27.3 Å². The van der Waals surface area contributed by atoms with Crippen molar-refractivity contribution < 1.29 is 8.42 Å². The molecule has 0 radical (unpaired) electrons. The number of likely N-dealkylation sites (tertiary alicyclic amines) is 1. The van der Waals surface area contributed by atoms with Crippen LogP contribution in [-0.2, 0) is 10.0 Å². The summed E-state index contributed by atoms with van der Waals surface area (Å²) in [5.74, 6) is 0.584. The van der Waals surface area contributed by atoms with Crippen molar-refractivity contribution in [3.63, 3.8) is 0 Å². The zero-order valence-corrected chi connectivity index (χ0v) is 13.0. The first kappa shape index (κ1) is 15.6. The largest absolute Gasteiger partial charge is 0.384 e. The summed E-state index contributed by atoms with van der Waals surface area (Å²) in [6, 6.07) is 4.46. The third kappa shape index (κ3) is 4.09. The van der Waals surface area contributed by atoms with Gasteiger partial charge in [-0.2, -0.15) is 0 Å². The molecule has 1 saturated heterocycles. The number of sulfonamides is 1. The number of nitrogens with two attached hydrogens (primary N) is 1. The zero-order valence-electron chi connectivity index (χ0n) is 11.5. The van der Waals surface area contributed by atoms with E-state index in [1.54, 1.807) is 6.07 Å². The molecule has 0 spiro atoms. The van der Waals surface area contributed by atoms with Gasteiger partial charge in [-0.1, -0.05) is 11.6 Å². The standard InChI is InChI=1S/C13H20ClN3O2S/c1-17-6-4-10(5-7-17)9-16-13-8-11(20(15,18)19)2-3-12(13)14/h2-3,8,10,16H,4-7,9H2,1H3,(H2,15,18,19). The Kier molecular flexibility index (Phi) is 4.90. The first-order chi connectivity index (χ1) is 9.36. The Morgan fingerprint density at radius 2 is 2.05 bits per heavy atom. The predicted molar refractivity (Wildman–Crippen MR) is 81.5 cm³/mol. The highest BCUT2D eigenvalue weighted by atomic mass is 35.5. The highest BCUT2D eigenvalue weighted by Crippen LogP contribution is 2.26. The molecule has 0 amide bonds. The Morgan fingerprint density at radius 1 is 1.40 bits per heavy atom. The molecule has 1 fully saturated rings. The molecule has 1 aromatic carbocycles. The molecule has 5 nitrogen and oxygen atoms in total. The van der Waals surface area contributed by atoms with Crippen molar-refractivity contribution in [2.24, 2.45) is 11.1 Å². The molecular weight excluding hydrogens is 298 g/mol. The van der Waals surface area contributed by atoms with Crippen molar-refractivity contribution in [1.29, 1.82) is 0 Å². The molecular formula is C13H20ClN3O2S. The molecule has 3 N–H and O–H groups in total. The van der Waals surface area contributed by atoms with E-state index in [1.807, 2.05) is 0 Å². The molecule has 0 bridgehead atoms. The lowest BCUT2D eigenvalue weighted by Gasteiger charge is -2.29. The summed E-state index contributed by atoms with van der Waals surface area (Å²) in [6.07, 6.45) is 2.27. The Balaban J connectivity index is 2.02. The van der Waals surface area contributed by atoms with Gasteiger partial charge in [-0.05, 0) is 57.1 Å². The Labute approximate surface area is 125 Å². The minimum absolute atomic E-state index is 0.0766. The van der Waals surface area contributed by atoms with E-state index in [4.69, 9.17) is 16.7 Å². The second kappa shape index (κ2) is 6.30. The normalized spacial score (nSPS) is 18.1. The number of hydrogen-bond acceptors (Lipinski definition) is 4. The van der Waals surface area contributed by atoms with E-state index in [0.717, 1.165) is 32.5 Å². The molecule has 1 aliphatic heterocycles. The number of hydrogen-bond donors (Lipinski definition) is 2. The maximum absolute atomic E-state index is 11.3. The smallest absolute Gasteiger partial charge is 0.238 e. The van der Waals surface area contributed by atoms with Gasteiger partial charge in [0.2, 0.25) is 10.0 Å². The van der Waals surface area contributed by atoms with Gasteiger partial charge in [-0.25, -0.2) is 13.6 Å². The van der Waals surface area contributed by atoms with E-state index < -0.39 is 10.0 Å². The van der Waals surface area contributed by atoms with Crippen LogP contribution in [0.4, 0.5) is 5.69 Å². The predicted octanol–water partition coefficient (Wildman–Crippen LogP) is 1.74. The fourth-order valence-corrected chi connectivity index (χ4v) is 3.06. The quantitative estimate of drug-likeness (QED) is 0.887. The van der Waals surface area contributed by atoms with Gasteiger partial charge in [-0.15, -0.1) is 0 Å². The van der Waals surface area contributed by atoms with Crippen molar-refractivity contribution in [2.75, 3.05) is 32.0 Å². The lowest BCUT2D eigenvalue weighted by molar-refractivity contribution is 0.226. The molecule has 2 rings (SSSR count). The van der Waals surface area contributed by atoms with Crippen LogP contribution < -0.4 is 10.5 Å². The molecule has 1 aromatic rings. The van der Waals surface area contributed by atoms with Crippen LogP contribution in [0.5, 0.6) is 0 Å². The van der Waals surface area contributed by atoms with E-state index in [0.29, 0.717) is 16.6 Å². The average molecular weight is 318 g/mol. The van der Waals surface area contributed by atoms with Crippen LogP contribution in [-0.4, -0.2) is 40.0 Å². The summed E-state index contributed by atoms with van der Waals surface area (Å²) >= 11 is 6.08. The lowest BCUT2D eigenvalue weighted by Crippen LogP contribution is -2.33.